The molecule has 0 atom stereocenters. The van der Waals surface area contributed by atoms with Crippen molar-refractivity contribution in [3.05, 3.63) is 29.8 Å². The lowest BCUT2D eigenvalue weighted by molar-refractivity contribution is -0.137. The molecule has 11 heteroatoms. The molecule has 1 fully saturated rings. The quantitative estimate of drug-likeness (QED) is 0.688. The largest absolute Gasteiger partial charge is 0.416 e. The van der Waals surface area contributed by atoms with Crippen molar-refractivity contribution in [2.24, 2.45) is 0 Å². The molecule has 1 aromatic rings. The summed E-state index contributed by atoms with van der Waals surface area (Å²) in [7, 11) is -7.75. The van der Waals surface area contributed by atoms with Gasteiger partial charge in [0.05, 0.1) is 21.3 Å². The van der Waals surface area contributed by atoms with E-state index in [0.29, 0.717) is 12.1 Å². The number of benzene rings is 1. The molecule has 2 rings (SSSR count). The van der Waals surface area contributed by atoms with Gasteiger partial charge in [0.25, 0.3) is 10.1 Å². The maximum Gasteiger partial charge on any atom is 0.416 e. The highest BCUT2D eigenvalue weighted by molar-refractivity contribution is 7.90. The Hall–Kier alpha value is -1.17. The summed E-state index contributed by atoms with van der Waals surface area (Å²) in [6.07, 6.45) is -4.94. The molecular weight excluding hydrogens is 407 g/mol. The summed E-state index contributed by atoms with van der Waals surface area (Å²) in [6, 6.07) is 3.04. The van der Waals surface area contributed by atoms with Crippen LogP contribution in [0.2, 0.25) is 0 Å². The smallest absolute Gasteiger partial charge is 0.263 e. The third-order valence-corrected chi connectivity index (χ3v) is 8.22. The van der Waals surface area contributed by atoms with Gasteiger partial charge in [-0.25, -0.2) is 12.7 Å². The first kappa shape index (κ1) is 22.1. The highest BCUT2D eigenvalue weighted by Crippen LogP contribution is 2.31. The maximum atomic E-state index is 12.6. The Labute approximate surface area is 157 Å². The second-order valence-electron chi connectivity index (χ2n) is 7.29. The van der Waals surface area contributed by atoms with Gasteiger partial charge in [-0.05, 0) is 57.9 Å². The van der Waals surface area contributed by atoms with E-state index in [1.165, 1.54) is 4.31 Å². The zero-order valence-corrected chi connectivity index (χ0v) is 16.8. The molecule has 0 spiro atoms. The molecule has 0 aliphatic carbocycles. The normalized spacial score (nSPS) is 18.6. The van der Waals surface area contributed by atoms with Crippen LogP contribution in [0.25, 0.3) is 0 Å². The number of nitrogens with zero attached hydrogens (tertiary/aromatic N) is 1. The Kier molecular flexibility index (Phi) is 6.01. The number of hydrogen-bond donors (Lipinski definition) is 0. The highest BCUT2D eigenvalue weighted by atomic mass is 32.2. The molecule has 0 N–H and O–H groups in total. The van der Waals surface area contributed by atoms with Crippen LogP contribution in [0.15, 0.2) is 29.2 Å². The number of hydrogen-bond acceptors (Lipinski definition) is 5. The molecule has 1 aliphatic heterocycles. The Balaban J connectivity index is 2.04. The minimum atomic E-state index is -4.56. The summed E-state index contributed by atoms with van der Waals surface area (Å²) in [6.45, 7) is 4.99. The molecule has 154 valence electrons. The van der Waals surface area contributed by atoms with Crippen LogP contribution in [0.5, 0.6) is 0 Å². The highest BCUT2D eigenvalue weighted by Gasteiger charge is 2.38. The molecule has 0 radical (unpaired) electrons. The lowest BCUT2D eigenvalue weighted by atomic mass is 10.1. The molecule has 1 heterocycles. The van der Waals surface area contributed by atoms with Crippen molar-refractivity contribution in [1.29, 1.82) is 0 Å². The first-order valence-electron chi connectivity index (χ1n) is 8.25. The van der Waals surface area contributed by atoms with Crippen LogP contribution in [0.4, 0.5) is 13.2 Å². The second-order valence-corrected chi connectivity index (χ2v) is 11.6. The van der Waals surface area contributed by atoms with Crippen molar-refractivity contribution >= 4 is 20.1 Å². The Morgan fingerprint density at radius 2 is 1.44 bits per heavy atom. The lowest BCUT2D eigenvalue weighted by Gasteiger charge is -2.35. The van der Waals surface area contributed by atoms with E-state index in [9.17, 15) is 30.0 Å². The summed E-state index contributed by atoms with van der Waals surface area (Å²) < 4.78 is 92.5. The van der Waals surface area contributed by atoms with Crippen LogP contribution in [-0.2, 0) is 30.5 Å². The van der Waals surface area contributed by atoms with Crippen molar-refractivity contribution in [3.8, 4) is 0 Å². The third-order valence-electron chi connectivity index (χ3n) is 4.25. The van der Waals surface area contributed by atoms with Crippen molar-refractivity contribution in [3.63, 3.8) is 0 Å². The predicted molar refractivity (Wildman–Crippen MR) is 93.0 cm³/mol. The van der Waals surface area contributed by atoms with Crippen LogP contribution in [0.1, 0.15) is 39.2 Å². The van der Waals surface area contributed by atoms with Crippen LogP contribution < -0.4 is 0 Å². The van der Waals surface area contributed by atoms with E-state index in [1.807, 2.05) is 0 Å². The van der Waals surface area contributed by atoms with Gasteiger partial charge in [0, 0.05) is 13.1 Å². The van der Waals surface area contributed by atoms with Crippen LogP contribution in [0, 0.1) is 0 Å². The summed E-state index contributed by atoms with van der Waals surface area (Å²) in [5.74, 6) is 0. The monoisotopic (exact) mass is 429 g/mol. The van der Waals surface area contributed by atoms with E-state index in [4.69, 9.17) is 4.18 Å². The van der Waals surface area contributed by atoms with Gasteiger partial charge in [-0.1, -0.05) is 0 Å². The molecule has 1 aliphatic rings. The molecule has 0 unspecified atom stereocenters. The average molecular weight is 429 g/mol. The minimum absolute atomic E-state index is 0.118. The SMILES string of the molecule is CC(C)(C)S(=O)(=O)N1CCC(OS(=O)(=O)c2ccc(C(F)(F)F)cc2)CC1. The Morgan fingerprint density at radius 1 is 0.963 bits per heavy atom. The van der Waals surface area contributed by atoms with Crippen molar-refractivity contribution < 1.29 is 34.2 Å². The Bertz CT molecular complexity index is 864. The minimum Gasteiger partial charge on any atom is -0.263 e. The molecule has 1 aromatic carbocycles. The van der Waals surface area contributed by atoms with Gasteiger partial charge in [0.1, 0.15) is 0 Å². The number of rotatable bonds is 4. The lowest BCUT2D eigenvalue weighted by Crippen LogP contribution is -2.48. The third kappa shape index (κ3) is 5.01. The van der Waals surface area contributed by atoms with Gasteiger partial charge in [-0.15, -0.1) is 0 Å². The van der Waals surface area contributed by atoms with Crippen molar-refractivity contribution in [2.45, 2.75) is 55.5 Å². The van der Waals surface area contributed by atoms with Gasteiger partial charge in [-0.2, -0.15) is 21.6 Å². The zero-order chi connectivity index (χ0) is 20.7. The van der Waals surface area contributed by atoms with E-state index in [0.717, 1.165) is 12.1 Å². The van der Waals surface area contributed by atoms with Crippen LogP contribution >= 0.6 is 0 Å². The summed E-state index contributed by atoms with van der Waals surface area (Å²) in [5.41, 5.74) is -0.956. The van der Waals surface area contributed by atoms with Gasteiger partial charge in [0.2, 0.25) is 10.0 Å². The van der Waals surface area contributed by atoms with Crippen LogP contribution in [-0.4, -0.2) is 45.1 Å². The standard InChI is InChI=1S/C16H22F3NO5S2/c1-15(2,3)27(23,24)20-10-8-13(9-11-20)25-26(21,22)14-6-4-12(5-7-14)16(17,18)19/h4-7,13H,8-11H2,1-3H3. The van der Waals surface area contributed by atoms with E-state index >= 15 is 0 Å². The predicted octanol–water partition coefficient (Wildman–Crippen LogP) is 3.00. The molecule has 0 aromatic heterocycles. The first-order chi connectivity index (χ1) is 12.1. The van der Waals surface area contributed by atoms with E-state index in [1.54, 1.807) is 20.8 Å². The zero-order valence-electron chi connectivity index (χ0n) is 15.2. The molecule has 1 saturated heterocycles. The summed E-state index contributed by atoms with van der Waals surface area (Å²) in [5, 5.41) is 0. The van der Waals surface area contributed by atoms with Gasteiger partial charge >= 0.3 is 6.18 Å². The number of piperidine rings is 1. The van der Waals surface area contributed by atoms with Crippen molar-refractivity contribution in [1.82, 2.24) is 4.31 Å². The second kappa shape index (κ2) is 7.34. The van der Waals surface area contributed by atoms with Gasteiger partial charge < -0.3 is 0 Å². The van der Waals surface area contributed by atoms with E-state index in [-0.39, 0.29) is 30.8 Å². The summed E-state index contributed by atoms with van der Waals surface area (Å²) >= 11 is 0. The van der Waals surface area contributed by atoms with Crippen LogP contribution in [0.3, 0.4) is 0 Å². The molecule has 0 bridgehead atoms. The number of halogens is 3. The van der Waals surface area contributed by atoms with Gasteiger partial charge in [-0.3, -0.25) is 4.18 Å². The fourth-order valence-corrected chi connectivity index (χ4v) is 5.20. The van der Waals surface area contributed by atoms with E-state index < -0.39 is 42.7 Å². The maximum absolute atomic E-state index is 12.6. The fraction of sp³-hybridized carbons (Fsp3) is 0.625. The Morgan fingerprint density at radius 3 is 1.85 bits per heavy atom. The average Bonchev–Trinajstić information content (AvgIpc) is 2.53. The van der Waals surface area contributed by atoms with Gasteiger partial charge in [0.15, 0.2) is 0 Å². The summed E-state index contributed by atoms with van der Waals surface area (Å²) in [4.78, 5) is -0.375. The van der Waals surface area contributed by atoms with Crippen molar-refractivity contribution in [2.75, 3.05) is 13.1 Å². The number of alkyl halides is 3. The fourth-order valence-electron chi connectivity index (χ4n) is 2.60. The molecule has 27 heavy (non-hydrogen) atoms. The molecular formula is C16H22F3NO5S2. The van der Waals surface area contributed by atoms with E-state index in [2.05, 4.69) is 0 Å². The molecule has 0 saturated carbocycles. The first-order valence-corrected chi connectivity index (χ1v) is 11.1. The molecule has 6 nitrogen and oxygen atoms in total. The topological polar surface area (TPSA) is 80.8 Å². The number of sulfonamides is 1. The molecule has 0 amide bonds.